The van der Waals surface area contributed by atoms with E-state index in [0.29, 0.717) is 30.0 Å². The predicted molar refractivity (Wildman–Crippen MR) is 115 cm³/mol. The monoisotopic (exact) mass is 393 g/mol. The summed E-state index contributed by atoms with van der Waals surface area (Å²) in [6, 6.07) is 20.8. The highest BCUT2D eigenvalue weighted by Gasteiger charge is 2.16. The zero-order chi connectivity index (χ0) is 20.9. The molecule has 0 saturated carbocycles. The fraction of sp³-hybridized carbons (Fsp3) is 0.0833. The van der Waals surface area contributed by atoms with Gasteiger partial charge in [-0.25, -0.2) is 9.97 Å². The van der Waals surface area contributed by atoms with Crippen LogP contribution in [0.4, 0.5) is 0 Å². The van der Waals surface area contributed by atoms with E-state index >= 15 is 0 Å². The van der Waals surface area contributed by atoms with Crippen LogP contribution in [-0.2, 0) is 6.54 Å². The number of rotatable bonds is 6. The highest BCUT2D eigenvalue weighted by Crippen LogP contribution is 2.17. The Bertz CT molecular complexity index is 1250. The maximum atomic E-state index is 13.1. The Balaban J connectivity index is 1.57. The van der Waals surface area contributed by atoms with Gasteiger partial charge in [0.05, 0.1) is 28.2 Å². The van der Waals surface area contributed by atoms with Crippen molar-refractivity contribution in [1.82, 2.24) is 19.4 Å². The number of imidazole rings is 1. The summed E-state index contributed by atoms with van der Waals surface area (Å²) in [5.41, 5.74) is 3.78. The molecule has 0 spiro atoms. The first-order valence-corrected chi connectivity index (χ1v) is 9.47. The van der Waals surface area contributed by atoms with Crippen LogP contribution in [0.5, 0.6) is 0 Å². The lowest BCUT2D eigenvalue weighted by Crippen LogP contribution is -2.30. The van der Waals surface area contributed by atoms with Crippen molar-refractivity contribution in [3.05, 3.63) is 103 Å². The Morgan fingerprint density at radius 3 is 2.77 bits per heavy atom. The molecule has 0 radical (unpaired) electrons. The third-order valence-corrected chi connectivity index (χ3v) is 4.76. The lowest BCUT2D eigenvalue weighted by atomic mass is 10.1. The molecule has 0 atom stereocenters. The van der Waals surface area contributed by atoms with Crippen LogP contribution >= 0.6 is 0 Å². The van der Waals surface area contributed by atoms with Gasteiger partial charge in [-0.3, -0.25) is 9.36 Å². The number of para-hydroxylation sites is 2. The van der Waals surface area contributed by atoms with Gasteiger partial charge in [-0.05, 0) is 42.0 Å². The smallest absolute Gasteiger partial charge is 0.256 e. The van der Waals surface area contributed by atoms with E-state index in [0.717, 1.165) is 16.6 Å². The van der Waals surface area contributed by atoms with E-state index in [2.05, 4.69) is 22.6 Å². The minimum Gasteiger partial charge on any atom is -0.331 e. The fourth-order valence-corrected chi connectivity index (χ4v) is 3.31. The summed E-state index contributed by atoms with van der Waals surface area (Å²) in [5, 5.41) is 9.10. The first-order valence-electron chi connectivity index (χ1n) is 9.47. The molecule has 0 fully saturated rings. The second-order valence-electron chi connectivity index (χ2n) is 6.79. The molecule has 0 aliphatic carbocycles. The van der Waals surface area contributed by atoms with Gasteiger partial charge in [-0.2, -0.15) is 5.26 Å². The van der Waals surface area contributed by atoms with Crippen LogP contribution in [0.2, 0.25) is 0 Å². The van der Waals surface area contributed by atoms with Gasteiger partial charge in [0, 0.05) is 19.3 Å². The highest BCUT2D eigenvalue weighted by molar-refractivity contribution is 5.94. The molecule has 6 heteroatoms. The number of aromatic nitrogens is 3. The predicted octanol–water partition coefficient (Wildman–Crippen LogP) is 4.12. The number of carbonyl (C=O) groups is 1. The molecular weight excluding hydrogens is 374 g/mol. The van der Waals surface area contributed by atoms with Gasteiger partial charge in [-0.15, -0.1) is 6.58 Å². The molecule has 0 saturated heterocycles. The zero-order valence-corrected chi connectivity index (χ0v) is 16.3. The molecule has 146 valence electrons. The molecule has 0 bridgehead atoms. The third-order valence-electron chi connectivity index (χ3n) is 4.76. The number of amides is 1. The van der Waals surface area contributed by atoms with Gasteiger partial charge >= 0.3 is 0 Å². The Kier molecular flexibility index (Phi) is 5.35. The van der Waals surface area contributed by atoms with E-state index in [1.54, 1.807) is 41.7 Å². The van der Waals surface area contributed by atoms with E-state index in [1.165, 1.54) is 0 Å². The normalized spacial score (nSPS) is 10.5. The van der Waals surface area contributed by atoms with Crippen LogP contribution < -0.4 is 0 Å². The highest BCUT2D eigenvalue weighted by atomic mass is 16.2. The number of nitriles is 1. The minimum absolute atomic E-state index is 0.146. The molecule has 4 aromatic rings. The largest absolute Gasteiger partial charge is 0.331 e. The Morgan fingerprint density at radius 1 is 1.13 bits per heavy atom. The summed E-state index contributed by atoms with van der Waals surface area (Å²) in [6.07, 6.45) is 4.99. The Labute approximate surface area is 174 Å². The first kappa shape index (κ1) is 19.1. The van der Waals surface area contributed by atoms with Crippen molar-refractivity contribution in [3.63, 3.8) is 0 Å². The summed E-state index contributed by atoms with van der Waals surface area (Å²) in [6.45, 7) is 4.53. The van der Waals surface area contributed by atoms with Gasteiger partial charge in [0.15, 0.2) is 0 Å². The van der Waals surface area contributed by atoms with Gasteiger partial charge in [-0.1, -0.05) is 30.3 Å². The average Bonchev–Trinajstić information content (AvgIpc) is 3.23. The van der Waals surface area contributed by atoms with Crippen LogP contribution in [0, 0.1) is 11.3 Å². The van der Waals surface area contributed by atoms with Gasteiger partial charge in [0.25, 0.3) is 5.91 Å². The van der Waals surface area contributed by atoms with E-state index in [9.17, 15) is 4.79 Å². The topological polar surface area (TPSA) is 74.8 Å². The van der Waals surface area contributed by atoms with Crippen molar-refractivity contribution >= 4 is 16.9 Å². The lowest BCUT2D eigenvalue weighted by Gasteiger charge is -2.21. The molecule has 0 N–H and O–H groups in total. The maximum Gasteiger partial charge on any atom is 0.256 e. The van der Waals surface area contributed by atoms with Crippen LogP contribution in [0.15, 0.2) is 85.8 Å². The van der Waals surface area contributed by atoms with Crippen molar-refractivity contribution in [2.24, 2.45) is 0 Å². The van der Waals surface area contributed by atoms with Crippen molar-refractivity contribution < 1.29 is 4.79 Å². The molecule has 4 rings (SSSR count). The zero-order valence-electron chi connectivity index (χ0n) is 16.3. The van der Waals surface area contributed by atoms with E-state index < -0.39 is 0 Å². The first-order chi connectivity index (χ1) is 14.7. The van der Waals surface area contributed by atoms with Crippen LogP contribution in [0.1, 0.15) is 21.5 Å². The van der Waals surface area contributed by atoms with Crippen molar-refractivity contribution in [2.75, 3.05) is 6.54 Å². The molecule has 0 unspecified atom stereocenters. The molecule has 6 nitrogen and oxygen atoms in total. The molecule has 0 aliphatic rings. The van der Waals surface area contributed by atoms with Crippen LogP contribution in [0.25, 0.3) is 16.9 Å². The number of carbonyl (C=O) groups excluding carboxylic acids is 1. The molecule has 1 amide bonds. The summed E-state index contributed by atoms with van der Waals surface area (Å²) in [7, 11) is 0. The summed E-state index contributed by atoms with van der Waals surface area (Å²) in [4.78, 5) is 23.6. The van der Waals surface area contributed by atoms with Crippen molar-refractivity contribution in [1.29, 1.82) is 5.26 Å². The second kappa shape index (κ2) is 8.41. The molecular formula is C24H19N5O. The molecule has 2 aromatic carbocycles. The fourth-order valence-electron chi connectivity index (χ4n) is 3.31. The Hall–Kier alpha value is -4.24. The molecule has 0 aliphatic heterocycles. The van der Waals surface area contributed by atoms with Crippen molar-refractivity contribution in [2.45, 2.75) is 6.54 Å². The van der Waals surface area contributed by atoms with Gasteiger partial charge in [0.1, 0.15) is 12.1 Å². The molecule has 2 heterocycles. The van der Waals surface area contributed by atoms with Gasteiger partial charge in [0.2, 0.25) is 0 Å². The van der Waals surface area contributed by atoms with Gasteiger partial charge < -0.3 is 4.90 Å². The number of fused-ring (bicyclic) bond motifs is 1. The number of hydrogen-bond acceptors (Lipinski definition) is 4. The third kappa shape index (κ3) is 3.82. The molecule has 2 aromatic heterocycles. The van der Waals surface area contributed by atoms with Crippen molar-refractivity contribution in [3.8, 4) is 11.9 Å². The summed E-state index contributed by atoms with van der Waals surface area (Å²) < 4.78 is 1.89. The quantitative estimate of drug-likeness (QED) is 0.462. The lowest BCUT2D eigenvalue weighted by molar-refractivity contribution is 0.0762. The van der Waals surface area contributed by atoms with E-state index in [-0.39, 0.29) is 5.91 Å². The average molecular weight is 393 g/mol. The maximum absolute atomic E-state index is 13.1. The summed E-state index contributed by atoms with van der Waals surface area (Å²) in [5.74, 6) is 0.545. The van der Waals surface area contributed by atoms with E-state index in [4.69, 9.17) is 5.26 Å². The number of pyridine rings is 1. The SMILES string of the molecule is C=CCN(Cc1cccc(C#N)c1)C(=O)c1ccc(-n2cnc3ccccc32)nc1. The van der Waals surface area contributed by atoms with Crippen LogP contribution in [-0.4, -0.2) is 31.9 Å². The summed E-state index contributed by atoms with van der Waals surface area (Å²) >= 11 is 0. The Morgan fingerprint density at radius 2 is 2.00 bits per heavy atom. The number of hydrogen-bond donors (Lipinski definition) is 0. The number of nitrogens with zero attached hydrogens (tertiary/aromatic N) is 5. The van der Waals surface area contributed by atoms with Crippen LogP contribution in [0.3, 0.4) is 0 Å². The standard InChI is InChI=1S/C24H19N5O/c1-2-12-28(16-19-7-5-6-18(13-19)14-25)24(30)20-10-11-23(26-15-20)29-17-27-21-8-3-4-9-22(21)29/h2-11,13,15,17H,1,12,16H2. The second-order valence-corrected chi connectivity index (χ2v) is 6.79. The number of benzene rings is 2. The minimum atomic E-state index is -0.146. The van der Waals surface area contributed by atoms with E-state index in [1.807, 2.05) is 47.0 Å². The molecule has 30 heavy (non-hydrogen) atoms.